The monoisotopic (exact) mass is 339 g/mol. The Morgan fingerprint density at radius 2 is 2.00 bits per heavy atom. The molecule has 1 saturated heterocycles. The molecule has 3 heterocycles. The first-order valence-corrected chi connectivity index (χ1v) is 8.80. The van der Waals surface area contributed by atoms with Crippen LogP contribution in [0.25, 0.3) is 5.52 Å². The van der Waals surface area contributed by atoms with Crippen LogP contribution in [-0.2, 0) is 6.54 Å². The fraction of sp³-hybridized carbons (Fsp3) is 0.350. The van der Waals surface area contributed by atoms with Gasteiger partial charge in [-0.2, -0.15) is 5.10 Å². The normalized spacial score (nSPS) is 18.5. The van der Waals surface area contributed by atoms with Crippen molar-refractivity contribution >= 4 is 5.52 Å². The molecule has 1 fully saturated rings. The third-order valence-electron chi connectivity index (χ3n) is 4.79. The number of rotatable bonds is 5. The summed E-state index contributed by atoms with van der Waals surface area (Å²) in [6.45, 7) is 3.68. The van der Waals surface area contributed by atoms with Crippen molar-refractivity contribution in [2.45, 2.75) is 19.4 Å². The number of ether oxygens (including phenoxy) is 1. The lowest BCUT2D eigenvalue weighted by Gasteiger charge is -2.32. The van der Waals surface area contributed by atoms with Crippen molar-refractivity contribution in [2.75, 3.05) is 19.7 Å². The number of benzene rings is 1. The quantitative estimate of drug-likeness (QED) is 0.709. The number of pyridine rings is 1. The van der Waals surface area contributed by atoms with Crippen molar-refractivity contribution in [3.63, 3.8) is 0 Å². The fourth-order valence-electron chi connectivity index (χ4n) is 3.53. The van der Waals surface area contributed by atoms with E-state index in [0.717, 1.165) is 30.9 Å². The van der Waals surface area contributed by atoms with Gasteiger partial charge < -0.3 is 4.74 Å². The molecule has 4 rings (SSSR count). The number of piperidine rings is 1. The number of hydrogen-bond donors (Lipinski definition) is 0. The summed E-state index contributed by atoms with van der Waals surface area (Å²) in [5, 5.41) is 4.42. The molecule has 1 aliphatic heterocycles. The second kappa shape index (κ2) is 7.23. The highest BCUT2D eigenvalue weighted by molar-refractivity contribution is 5.46. The third kappa shape index (κ3) is 3.82. The van der Waals surface area contributed by atoms with E-state index in [0.29, 0.717) is 12.5 Å². The van der Waals surface area contributed by atoms with Crippen LogP contribution < -0.4 is 4.74 Å². The van der Waals surface area contributed by atoms with Gasteiger partial charge in [0.25, 0.3) is 0 Å². The van der Waals surface area contributed by atoms with Crippen LogP contribution in [0, 0.1) is 11.7 Å². The first-order chi connectivity index (χ1) is 12.3. The second-order valence-electron chi connectivity index (χ2n) is 6.69. The van der Waals surface area contributed by atoms with Crippen molar-refractivity contribution < 1.29 is 9.13 Å². The van der Waals surface area contributed by atoms with Gasteiger partial charge in [-0.05, 0) is 61.9 Å². The van der Waals surface area contributed by atoms with Gasteiger partial charge in [0.15, 0.2) is 0 Å². The van der Waals surface area contributed by atoms with E-state index in [1.54, 1.807) is 12.1 Å². The van der Waals surface area contributed by atoms with Crippen LogP contribution in [0.2, 0.25) is 0 Å². The molecule has 1 atom stereocenters. The van der Waals surface area contributed by atoms with Gasteiger partial charge in [-0.3, -0.25) is 4.90 Å². The van der Waals surface area contributed by atoms with E-state index in [1.807, 2.05) is 16.8 Å². The summed E-state index contributed by atoms with van der Waals surface area (Å²) in [6.07, 6.45) is 4.19. The maximum atomic E-state index is 13.0. The van der Waals surface area contributed by atoms with Crippen molar-refractivity contribution in [2.24, 2.45) is 5.92 Å². The van der Waals surface area contributed by atoms with Crippen LogP contribution in [0.5, 0.6) is 5.75 Å². The molecular formula is C20H22FN3O. The summed E-state index contributed by atoms with van der Waals surface area (Å²) < 4.78 is 20.8. The molecule has 3 aromatic rings. The molecule has 0 spiro atoms. The molecular weight excluding hydrogens is 317 g/mol. The number of nitrogens with zero attached hydrogens (tertiary/aromatic N) is 3. The van der Waals surface area contributed by atoms with Gasteiger partial charge in [-0.25, -0.2) is 8.91 Å². The summed E-state index contributed by atoms with van der Waals surface area (Å²) in [7, 11) is 0. The van der Waals surface area contributed by atoms with Gasteiger partial charge >= 0.3 is 0 Å². The molecule has 0 bridgehead atoms. The maximum Gasteiger partial charge on any atom is 0.123 e. The lowest BCUT2D eigenvalue weighted by molar-refractivity contribution is 0.123. The van der Waals surface area contributed by atoms with E-state index < -0.39 is 0 Å². The highest BCUT2D eigenvalue weighted by Crippen LogP contribution is 2.21. The Kier molecular flexibility index (Phi) is 4.65. The summed E-state index contributed by atoms with van der Waals surface area (Å²) in [6, 6.07) is 14.6. The van der Waals surface area contributed by atoms with Gasteiger partial charge in [-0.15, -0.1) is 0 Å². The minimum atomic E-state index is -0.232. The molecule has 0 aliphatic carbocycles. The lowest BCUT2D eigenvalue weighted by Crippen LogP contribution is -2.37. The fourth-order valence-corrected chi connectivity index (χ4v) is 3.53. The number of likely N-dealkylation sites (tertiary alicyclic amines) is 1. The Morgan fingerprint density at radius 1 is 1.12 bits per heavy atom. The van der Waals surface area contributed by atoms with E-state index in [-0.39, 0.29) is 5.82 Å². The number of hydrogen-bond acceptors (Lipinski definition) is 3. The standard InChI is InChI=1S/C20H22FN3O/c21-17-6-8-20(9-7-17)25-15-16-3-2-12-23(13-16)14-19-5-1-4-18-10-11-22-24(18)19/h1,4-11,16H,2-3,12-15H2. The molecule has 1 aliphatic rings. The smallest absolute Gasteiger partial charge is 0.123 e. The minimum Gasteiger partial charge on any atom is -0.493 e. The Morgan fingerprint density at radius 3 is 2.88 bits per heavy atom. The van der Waals surface area contributed by atoms with Crippen molar-refractivity contribution in [3.8, 4) is 5.75 Å². The molecule has 2 aromatic heterocycles. The van der Waals surface area contributed by atoms with E-state index >= 15 is 0 Å². The first-order valence-electron chi connectivity index (χ1n) is 8.80. The van der Waals surface area contributed by atoms with E-state index in [9.17, 15) is 4.39 Å². The number of fused-ring (bicyclic) bond motifs is 1. The largest absolute Gasteiger partial charge is 0.493 e. The van der Waals surface area contributed by atoms with Gasteiger partial charge in [0.2, 0.25) is 0 Å². The molecule has 0 N–H and O–H groups in total. The van der Waals surface area contributed by atoms with E-state index in [1.165, 1.54) is 30.7 Å². The summed E-state index contributed by atoms with van der Waals surface area (Å²) in [5.74, 6) is 0.999. The maximum absolute atomic E-state index is 13.0. The van der Waals surface area contributed by atoms with Gasteiger partial charge in [-0.1, -0.05) is 6.07 Å². The minimum absolute atomic E-state index is 0.232. The highest BCUT2D eigenvalue weighted by atomic mass is 19.1. The summed E-state index contributed by atoms with van der Waals surface area (Å²) >= 11 is 0. The van der Waals surface area contributed by atoms with Crippen LogP contribution in [0.4, 0.5) is 4.39 Å². The molecule has 130 valence electrons. The predicted octanol–water partition coefficient (Wildman–Crippen LogP) is 3.76. The second-order valence-corrected chi connectivity index (χ2v) is 6.69. The zero-order valence-electron chi connectivity index (χ0n) is 14.1. The number of halogens is 1. The van der Waals surface area contributed by atoms with Crippen LogP contribution in [0.3, 0.4) is 0 Å². The van der Waals surface area contributed by atoms with Crippen molar-refractivity contribution in [1.82, 2.24) is 14.5 Å². The summed E-state index contributed by atoms with van der Waals surface area (Å²) in [4.78, 5) is 2.47. The SMILES string of the molecule is Fc1ccc(OCC2CCCN(Cc3cccc4ccnn34)C2)cc1. The predicted molar refractivity (Wildman–Crippen MR) is 95.1 cm³/mol. The molecule has 0 amide bonds. The molecule has 0 radical (unpaired) electrons. The number of aromatic nitrogens is 2. The molecule has 1 unspecified atom stereocenters. The van der Waals surface area contributed by atoms with Gasteiger partial charge in [0.05, 0.1) is 17.8 Å². The van der Waals surface area contributed by atoms with Crippen LogP contribution >= 0.6 is 0 Å². The Bertz CT molecular complexity index is 830. The van der Waals surface area contributed by atoms with Crippen LogP contribution in [0.15, 0.2) is 54.7 Å². The summed E-state index contributed by atoms with van der Waals surface area (Å²) in [5.41, 5.74) is 2.34. The molecule has 0 saturated carbocycles. The van der Waals surface area contributed by atoms with Crippen LogP contribution in [0.1, 0.15) is 18.5 Å². The van der Waals surface area contributed by atoms with E-state index in [2.05, 4.69) is 28.2 Å². The molecule has 25 heavy (non-hydrogen) atoms. The zero-order chi connectivity index (χ0) is 17.1. The lowest BCUT2D eigenvalue weighted by atomic mass is 9.99. The average Bonchev–Trinajstić information content (AvgIpc) is 3.12. The Labute approximate surface area is 146 Å². The Balaban J connectivity index is 1.36. The van der Waals surface area contributed by atoms with Crippen LogP contribution in [-0.4, -0.2) is 34.2 Å². The zero-order valence-corrected chi connectivity index (χ0v) is 14.1. The van der Waals surface area contributed by atoms with Crippen molar-refractivity contribution in [3.05, 3.63) is 66.2 Å². The first kappa shape index (κ1) is 16.1. The van der Waals surface area contributed by atoms with E-state index in [4.69, 9.17) is 4.74 Å². The third-order valence-corrected chi connectivity index (χ3v) is 4.79. The highest BCUT2D eigenvalue weighted by Gasteiger charge is 2.21. The molecule has 1 aromatic carbocycles. The topological polar surface area (TPSA) is 29.8 Å². The Hall–Kier alpha value is -2.40. The van der Waals surface area contributed by atoms with Crippen molar-refractivity contribution in [1.29, 1.82) is 0 Å². The average molecular weight is 339 g/mol. The molecule has 5 heteroatoms. The van der Waals surface area contributed by atoms with Gasteiger partial charge in [0.1, 0.15) is 11.6 Å². The van der Waals surface area contributed by atoms with Gasteiger partial charge in [0, 0.05) is 25.2 Å². The molecule has 4 nitrogen and oxygen atoms in total.